The number of hydrogen-bond acceptors (Lipinski definition) is 3. The quantitative estimate of drug-likeness (QED) is 0.547. The Morgan fingerprint density at radius 3 is 2.19 bits per heavy atom. The van der Waals surface area contributed by atoms with Crippen molar-refractivity contribution in [2.75, 3.05) is 10.0 Å². The van der Waals surface area contributed by atoms with Crippen molar-refractivity contribution in [3.63, 3.8) is 0 Å². The average molecular weight is 466 g/mol. The predicted molar refractivity (Wildman–Crippen MR) is 111 cm³/mol. The summed E-state index contributed by atoms with van der Waals surface area (Å²) in [7, 11) is -3.84. The van der Waals surface area contributed by atoms with E-state index < -0.39 is 15.9 Å². The summed E-state index contributed by atoms with van der Waals surface area (Å²) in [6.45, 7) is 0. The van der Waals surface area contributed by atoms with Crippen LogP contribution in [0.3, 0.4) is 0 Å². The standard InChI is InChI=1S/C19H14BrClN2O3S/c20-14-4-8-16(9-5-14)22-19(24)13-2-1-3-18(12-13)27(25,26)23-17-10-6-15(21)7-11-17/h1-12,23H,(H,22,24). The molecule has 1 amide bonds. The third-order valence-electron chi connectivity index (χ3n) is 3.61. The highest BCUT2D eigenvalue weighted by atomic mass is 79.9. The molecule has 0 spiro atoms. The zero-order chi connectivity index (χ0) is 19.4. The summed E-state index contributed by atoms with van der Waals surface area (Å²) in [6, 6.07) is 19.2. The van der Waals surface area contributed by atoms with Crippen molar-refractivity contribution >= 4 is 54.8 Å². The number of carbonyl (C=O) groups excluding carboxylic acids is 1. The summed E-state index contributed by atoms with van der Waals surface area (Å²) in [6.07, 6.45) is 0. The van der Waals surface area contributed by atoms with E-state index in [1.54, 1.807) is 54.6 Å². The topological polar surface area (TPSA) is 75.3 Å². The number of hydrogen-bond donors (Lipinski definition) is 2. The minimum absolute atomic E-state index is 0.0130. The van der Waals surface area contributed by atoms with Crippen molar-refractivity contribution < 1.29 is 13.2 Å². The minimum Gasteiger partial charge on any atom is -0.322 e. The molecule has 0 unspecified atom stereocenters. The Hall–Kier alpha value is -2.35. The monoisotopic (exact) mass is 464 g/mol. The number of nitrogens with one attached hydrogen (secondary N) is 2. The van der Waals surface area contributed by atoms with Gasteiger partial charge >= 0.3 is 0 Å². The molecule has 2 N–H and O–H groups in total. The van der Waals surface area contributed by atoms with Gasteiger partial charge in [-0.25, -0.2) is 8.42 Å². The van der Waals surface area contributed by atoms with Crippen molar-refractivity contribution in [1.82, 2.24) is 0 Å². The van der Waals surface area contributed by atoms with Crippen molar-refractivity contribution in [2.24, 2.45) is 0 Å². The fourth-order valence-electron chi connectivity index (χ4n) is 2.27. The van der Waals surface area contributed by atoms with Crippen LogP contribution < -0.4 is 10.0 Å². The fraction of sp³-hybridized carbons (Fsp3) is 0. The van der Waals surface area contributed by atoms with E-state index >= 15 is 0 Å². The second kappa shape index (κ2) is 8.12. The molecule has 0 radical (unpaired) electrons. The van der Waals surface area contributed by atoms with Gasteiger partial charge in [0.1, 0.15) is 0 Å². The summed E-state index contributed by atoms with van der Waals surface area (Å²) in [4.78, 5) is 12.4. The van der Waals surface area contributed by atoms with Crippen LogP contribution in [0.2, 0.25) is 5.02 Å². The average Bonchev–Trinajstić information content (AvgIpc) is 2.65. The van der Waals surface area contributed by atoms with Crippen molar-refractivity contribution in [2.45, 2.75) is 4.90 Å². The Morgan fingerprint density at radius 2 is 1.52 bits per heavy atom. The summed E-state index contributed by atoms with van der Waals surface area (Å²) in [5, 5.41) is 3.23. The smallest absolute Gasteiger partial charge is 0.261 e. The van der Waals surface area contributed by atoms with Crippen LogP contribution in [0.15, 0.2) is 82.2 Å². The molecule has 0 aromatic heterocycles. The van der Waals surface area contributed by atoms with E-state index in [4.69, 9.17) is 11.6 Å². The molecular weight excluding hydrogens is 452 g/mol. The first-order valence-electron chi connectivity index (χ1n) is 7.79. The number of benzene rings is 3. The highest BCUT2D eigenvalue weighted by Gasteiger charge is 2.16. The lowest BCUT2D eigenvalue weighted by atomic mass is 10.2. The van der Waals surface area contributed by atoms with Crippen LogP contribution in [0, 0.1) is 0 Å². The van der Waals surface area contributed by atoms with Crippen LogP contribution in [0.1, 0.15) is 10.4 Å². The molecular formula is C19H14BrClN2O3S. The van der Waals surface area contributed by atoms with Crippen LogP contribution >= 0.6 is 27.5 Å². The molecule has 0 heterocycles. The number of rotatable bonds is 5. The molecule has 138 valence electrons. The first kappa shape index (κ1) is 19.4. The number of carbonyl (C=O) groups is 1. The van der Waals surface area contributed by atoms with Crippen molar-refractivity contribution in [3.8, 4) is 0 Å². The molecule has 3 aromatic carbocycles. The van der Waals surface area contributed by atoms with Gasteiger partial charge in [-0.2, -0.15) is 0 Å². The number of halogens is 2. The third-order valence-corrected chi connectivity index (χ3v) is 5.76. The Balaban J connectivity index is 1.80. The highest BCUT2D eigenvalue weighted by molar-refractivity contribution is 9.10. The van der Waals surface area contributed by atoms with E-state index in [1.165, 1.54) is 18.2 Å². The van der Waals surface area contributed by atoms with Gasteiger partial charge in [-0.1, -0.05) is 33.6 Å². The lowest BCUT2D eigenvalue weighted by Crippen LogP contribution is -2.16. The minimum atomic E-state index is -3.84. The van der Waals surface area contributed by atoms with Gasteiger partial charge in [0.05, 0.1) is 4.90 Å². The van der Waals surface area contributed by atoms with Crippen LogP contribution in [0.25, 0.3) is 0 Å². The van der Waals surface area contributed by atoms with Gasteiger partial charge in [0.2, 0.25) is 0 Å². The van der Waals surface area contributed by atoms with Gasteiger partial charge in [0.25, 0.3) is 15.9 Å². The maximum Gasteiger partial charge on any atom is 0.261 e. The van der Waals surface area contributed by atoms with E-state index in [0.29, 0.717) is 16.4 Å². The number of amides is 1. The van der Waals surface area contributed by atoms with Crippen LogP contribution in [0.5, 0.6) is 0 Å². The summed E-state index contributed by atoms with van der Waals surface area (Å²) >= 11 is 9.13. The van der Waals surface area contributed by atoms with Crippen molar-refractivity contribution in [3.05, 3.63) is 87.9 Å². The number of sulfonamides is 1. The first-order chi connectivity index (χ1) is 12.8. The lowest BCUT2D eigenvalue weighted by molar-refractivity contribution is 0.102. The predicted octanol–water partition coefficient (Wildman–Crippen LogP) is 5.16. The molecule has 3 rings (SSSR count). The van der Waals surface area contributed by atoms with E-state index in [9.17, 15) is 13.2 Å². The Labute approximate surface area is 170 Å². The second-order valence-electron chi connectivity index (χ2n) is 5.60. The Kier molecular flexibility index (Phi) is 5.84. The number of anilines is 2. The maximum atomic E-state index is 12.6. The van der Waals surface area contributed by atoms with E-state index in [-0.39, 0.29) is 10.5 Å². The van der Waals surface area contributed by atoms with E-state index in [1.807, 2.05) is 0 Å². The molecule has 0 aliphatic carbocycles. The largest absolute Gasteiger partial charge is 0.322 e. The summed E-state index contributed by atoms with van der Waals surface area (Å²) in [5.41, 5.74) is 1.22. The van der Waals surface area contributed by atoms with Crippen LogP contribution in [-0.4, -0.2) is 14.3 Å². The van der Waals surface area contributed by atoms with Crippen LogP contribution in [-0.2, 0) is 10.0 Å². The summed E-state index contributed by atoms with van der Waals surface area (Å²) < 4.78 is 28.5. The molecule has 27 heavy (non-hydrogen) atoms. The Morgan fingerprint density at radius 1 is 0.889 bits per heavy atom. The van der Waals surface area contributed by atoms with Crippen molar-refractivity contribution in [1.29, 1.82) is 0 Å². The molecule has 8 heteroatoms. The lowest BCUT2D eigenvalue weighted by Gasteiger charge is -2.10. The van der Waals surface area contributed by atoms with Gasteiger partial charge in [-0.15, -0.1) is 0 Å². The molecule has 5 nitrogen and oxygen atoms in total. The molecule has 0 saturated carbocycles. The summed E-state index contributed by atoms with van der Waals surface area (Å²) in [5.74, 6) is -0.402. The SMILES string of the molecule is O=C(Nc1ccc(Br)cc1)c1cccc(S(=O)(=O)Nc2ccc(Cl)cc2)c1. The normalized spacial score (nSPS) is 11.0. The Bertz CT molecular complexity index is 1070. The van der Waals surface area contributed by atoms with E-state index in [0.717, 1.165) is 4.47 Å². The van der Waals surface area contributed by atoms with Crippen LogP contribution in [0.4, 0.5) is 11.4 Å². The highest BCUT2D eigenvalue weighted by Crippen LogP contribution is 2.20. The third kappa shape index (κ3) is 5.09. The first-order valence-corrected chi connectivity index (χ1v) is 10.4. The zero-order valence-electron chi connectivity index (χ0n) is 13.8. The zero-order valence-corrected chi connectivity index (χ0v) is 17.0. The second-order valence-corrected chi connectivity index (χ2v) is 8.64. The molecule has 0 fully saturated rings. The molecule has 0 aliphatic heterocycles. The van der Waals surface area contributed by atoms with Gasteiger partial charge in [0, 0.05) is 26.4 Å². The fourth-order valence-corrected chi connectivity index (χ4v) is 3.77. The maximum absolute atomic E-state index is 12.6. The molecule has 0 atom stereocenters. The van der Waals surface area contributed by atoms with Gasteiger partial charge in [-0.05, 0) is 66.7 Å². The van der Waals surface area contributed by atoms with Gasteiger partial charge in [0.15, 0.2) is 0 Å². The van der Waals surface area contributed by atoms with E-state index in [2.05, 4.69) is 26.0 Å². The molecule has 0 aliphatic rings. The molecule has 3 aromatic rings. The van der Waals surface area contributed by atoms with Gasteiger partial charge < -0.3 is 5.32 Å². The van der Waals surface area contributed by atoms with Gasteiger partial charge in [-0.3, -0.25) is 9.52 Å². The molecule has 0 saturated heterocycles. The molecule has 0 bridgehead atoms.